The molecule has 2 nitrogen and oxygen atoms in total. The van der Waals surface area contributed by atoms with Crippen molar-refractivity contribution in [1.82, 2.24) is 4.57 Å². The molecule has 11 rings (SSSR count). The van der Waals surface area contributed by atoms with Crippen LogP contribution < -0.4 is 4.90 Å². The Hall–Kier alpha value is -7.68. The van der Waals surface area contributed by atoms with E-state index in [1.54, 1.807) is 0 Å². The van der Waals surface area contributed by atoms with Crippen LogP contribution >= 0.6 is 0 Å². The number of anilines is 3. The van der Waals surface area contributed by atoms with E-state index in [1.165, 1.54) is 76.7 Å². The van der Waals surface area contributed by atoms with Gasteiger partial charge in [0.2, 0.25) is 0 Å². The molecule has 0 saturated heterocycles. The number of rotatable bonds is 7. The molecule has 2 heteroatoms. The molecular formula is C56H38N2. The topological polar surface area (TPSA) is 8.17 Å². The van der Waals surface area contributed by atoms with Gasteiger partial charge in [-0.3, -0.25) is 0 Å². The molecule has 10 aromatic carbocycles. The van der Waals surface area contributed by atoms with Gasteiger partial charge in [-0.05, 0) is 104 Å². The first-order valence-electron chi connectivity index (χ1n) is 19.9. The molecule has 58 heavy (non-hydrogen) atoms. The summed E-state index contributed by atoms with van der Waals surface area (Å²) < 4.78 is 2.39. The predicted molar refractivity (Wildman–Crippen MR) is 247 cm³/mol. The van der Waals surface area contributed by atoms with Gasteiger partial charge in [0.25, 0.3) is 0 Å². The molecule has 0 unspecified atom stereocenters. The number of aromatic nitrogens is 1. The summed E-state index contributed by atoms with van der Waals surface area (Å²) in [6.07, 6.45) is 0. The van der Waals surface area contributed by atoms with Crippen LogP contribution in [0, 0.1) is 0 Å². The third kappa shape index (κ3) is 5.74. The molecule has 0 aliphatic heterocycles. The van der Waals surface area contributed by atoms with Crippen LogP contribution in [0.2, 0.25) is 0 Å². The fraction of sp³-hybridized carbons (Fsp3) is 0. The molecule has 0 spiro atoms. The molecule has 0 amide bonds. The highest BCUT2D eigenvalue weighted by Gasteiger charge is 2.19. The van der Waals surface area contributed by atoms with E-state index in [1.807, 2.05) is 0 Å². The number of hydrogen-bond donors (Lipinski definition) is 0. The highest BCUT2D eigenvalue weighted by molar-refractivity contribution is 6.11. The Balaban J connectivity index is 1.03. The van der Waals surface area contributed by atoms with Gasteiger partial charge in [0.05, 0.1) is 16.7 Å². The molecule has 0 atom stereocenters. The van der Waals surface area contributed by atoms with Crippen molar-refractivity contribution in [1.29, 1.82) is 0 Å². The minimum absolute atomic E-state index is 1.10. The van der Waals surface area contributed by atoms with Gasteiger partial charge in [0.1, 0.15) is 0 Å². The van der Waals surface area contributed by atoms with E-state index in [2.05, 4.69) is 240 Å². The lowest BCUT2D eigenvalue weighted by molar-refractivity contribution is 1.18. The van der Waals surface area contributed by atoms with E-state index in [-0.39, 0.29) is 0 Å². The maximum atomic E-state index is 2.41. The minimum atomic E-state index is 1.10. The number of nitrogens with zero attached hydrogens (tertiary/aromatic N) is 2. The van der Waals surface area contributed by atoms with Gasteiger partial charge in [-0.2, -0.15) is 0 Å². The van der Waals surface area contributed by atoms with Gasteiger partial charge >= 0.3 is 0 Å². The van der Waals surface area contributed by atoms with Gasteiger partial charge in [0.15, 0.2) is 0 Å². The number of hydrogen-bond acceptors (Lipinski definition) is 1. The summed E-state index contributed by atoms with van der Waals surface area (Å²) in [5, 5.41) is 7.46. The first-order valence-corrected chi connectivity index (χ1v) is 19.9. The standard InChI is InChI=1S/C56H38N2/c1-2-14-39(15-3-1)40-28-32-44(33-29-40)57(56-37-36-50(49-21-6-7-22-51(49)56)48-25-13-17-42-16-4-5-20-47(42)48)45-34-30-41(31-35-45)43-18-12-19-46(38-43)58-54-26-10-8-23-52(54)53-24-9-11-27-55(53)58/h1-38H. The van der Waals surface area contributed by atoms with E-state index >= 15 is 0 Å². The van der Waals surface area contributed by atoms with Crippen molar-refractivity contribution >= 4 is 60.4 Å². The highest BCUT2D eigenvalue weighted by atomic mass is 15.1. The Morgan fingerprint density at radius 3 is 1.47 bits per heavy atom. The quantitative estimate of drug-likeness (QED) is 0.158. The summed E-state index contributed by atoms with van der Waals surface area (Å²) >= 11 is 0. The van der Waals surface area contributed by atoms with Crippen LogP contribution in [-0.2, 0) is 0 Å². The average Bonchev–Trinajstić information content (AvgIpc) is 3.64. The van der Waals surface area contributed by atoms with Crippen LogP contribution in [0.4, 0.5) is 17.1 Å². The lowest BCUT2D eigenvalue weighted by Gasteiger charge is -2.28. The Kier molecular flexibility index (Phi) is 8.19. The lowest BCUT2D eigenvalue weighted by Crippen LogP contribution is -2.10. The summed E-state index contributed by atoms with van der Waals surface area (Å²) in [5.74, 6) is 0. The maximum absolute atomic E-state index is 2.41. The zero-order valence-corrected chi connectivity index (χ0v) is 31.8. The van der Waals surface area contributed by atoms with Crippen LogP contribution in [0.5, 0.6) is 0 Å². The molecule has 1 heterocycles. The van der Waals surface area contributed by atoms with Crippen LogP contribution in [0.1, 0.15) is 0 Å². The number of para-hydroxylation sites is 2. The molecular weight excluding hydrogens is 701 g/mol. The van der Waals surface area contributed by atoms with Crippen molar-refractivity contribution in [2.45, 2.75) is 0 Å². The predicted octanol–water partition coefficient (Wildman–Crippen LogP) is 15.6. The smallest absolute Gasteiger partial charge is 0.0541 e. The Morgan fingerprint density at radius 1 is 0.293 bits per heavy atom. The van der Waals surface area contributed by atoms with Crippen LogP contribution in [-0.4, -0.2) is 4.57 Å². The molecule has 0 aliphatic rings. The zero-order chi connectivity index (χ0) is 38.4. The number of fused-ring (bicyclic) bond motifs is 5. The van der Waals surface area contributed by atoms with Gasteiger partial charge in [-0.15, -0.1) is 0 Å². The zero-order valence-electron chi connectivity index (χ0n) is 31.8. The maximum Gasteiger partial charge on any atom is 0.0541 e. The van der Waals surface area contributed by atoms with Crippen LogP contribution in [0.15, 0.2) is 231 Å². The first-order chi connectivity index (χ1) is 28.8. The van der Waals surface area contributed by atoms with E-state index in [4.69, 9.17) is 0 Å². The summed E-state index contributed by atoms with van der Waals surface area (Å²) in [6.45, 7) is 0. The van der Waals surface area contributed by atoms with Crippen LogP contribution in [0.25, 0.3) is 82.4 Å². The monoisotopic (exact) mass is 738 g/mol. The molecule has 11 aromatic rings. The molecule has 272 valence electrons. The lowest BCUT2D eigenvalue weighted by atomic mass is 9.93. The van der Waals surface area contributed by atoms with Crippen molar-refractivity contribution in [3.05, 3.63) is 231 Å². The Bertz CT molecular complexity index is 3210. The molecule has 0 radical (unpaired) electrons. The van der Waals surface area contributed by atoms with Gasteiger partial charge < -0.3 is 9.47 Å². The second-order valence-corrected chi connectivity index (χ2v) is 14.9. The fourth-order valence-electron chi connectivity index (χ4n) is 8.86. The second kappa shape index (κ2) is 14.1. The van der Waals surface area contributed by atoms with Gasteiger partial charge in [-0.25, -0.2) is 0 Å². The molecule has 0 fully saturated rings. The molecule has 0 N–H and O–H groups in total. The molecule has 0 bridgehead atoms. The van der Waals surface area contributed by atoms with E-state index in [9.17, 15) is 0 Å². The fourth-order valence-corrected chi connectivity index (χ4v) is 8.86. The average molecular weight is 739 g/mol. The minimum Gasteiger partial charge on any atom is -0.310 e. The summed E-state index contributed by atoms with van der Waals surface area (Å²) in [5.41, 5.74) is 14.1. The normalized spacial score (nSPS) is 11.4. The van der Waals surface area contributed by atoms with Crippen molar-refractivity contribution in [3.8, 4) is 39.1 Å². The largest absolute Gasteiger partial charge is 0.310 e. The summed E-state index contributed by atoms with van der Waals surface area (Å²) in [6, 6.07) is 83.6. The van der Waals surface area contributed by atoms with Gasteiger partial charge in [-0.1, -0.05) is 176 Å². The Labute approximate surface area is 338 Å². The summed E-state index contributed by atoms with van der Waals surface area (Å²) in [4.78, 5) is 2.41. The third-order valence-corrected chi connectivity index (χ3v) is 11.6. The van der Waals surface area contributed by atoms with Gasteiger partial charge in [0, 0.05) is 33.2 Å². The first kappa shape index (κ1) is 33.6. The number of benzene rings is 10. The molecule has 0 aliphatic carbocycles. The van der Waals surface area contributed by atoms with E-state index < -0.39 is 0 Å². The molecule has 1 aromatic heterocycles. The van der Waals surface area contributed by atoms with E-state index in [0.717, 1.165) is 22.7 Å². The second-order valence-electron chi connectivity index (χ2n) is 14.9. The third-order valence-electron chi connectivity index (χ3n) is 11.6. The van der Waals surface area contributed by atoms with Crippen LogP contribution in [0.3, 0.4) is 0 Å². The van der Waals surface area contributed by atoms with E-state index in [0.29, 0.717) is 0 Å². The Morgan fingerprint density at radius 2 is 0.776 bits per heavy atom. The van der Waals surface area contributed by atoms with Crippen molar-refractivity contribution < 1.29 is 0 Å². The van der Waals surface area contributed by atoms with Crippen molar-refractivity contribution in [2.75, 3.05) is 4.90 Å². The molecule has 0 saturated carbocycles. The SMILES string of the molecule is c1ccc(-c2ccc(N(c3ccc(-c4cccc(-n5c6ccccc6c6ccccc65)c4)cc3)c3ccc(-c4cccc5ccccc45)c4ccccc34)cc2)cc1. The highest BCUT2D eigenvalue weighted by Crippen LogP contribution is 2.44. The van der Waals surface area contributed by atoms with Crippen molar-refractivity contribution in [3.63, 3.8) is 0 Å². The van der Waals surface area contributed by atoms with Crippen molar-refractivity contribution in [2.24, 2.45) is 0 Å². The summed E-state index contributed by atoms with van der Waals surface area (Å²) in [7, 11) is 0.